The monoisotopic (exact) mass is 440 g/mol. The van der Waals surface area contributed by atoms with Crippen molar-refractivity contribution < 1.29 is 14.3 Å². The van der Waals surface area contributed by atoms with Gasteiger partial charge >= 0.3 is 5.97 Å². The molecule has 7 heteroatoms. The van der Waals surface area contributed by atoms with Crippen LogP contribution < -0.4 is 4.90 Å². The van der Waals surface area contributed by atoms with Gasteiger partial charge in [-0.2, -0.15) is 0 Å². The molecule has 1 aliphatic heterocycles. The molecule has 0 fully saturated rings. The predicted molar refractivity (Wildman–Crippen MR) is 125 cm³/mol. The molecule has 0 N–H and O–H groups in total. The summed E-state index contributed by atoms with van der Waals surface area (Å²) in [5.74, 6) is -1.34. The standard InChI is InChI=1S/C26H24N4O3/c1-2-33-25(32)22-23(19-11-8-15-27-17-19)30-21-13-7-6-12-20(21)28-26(30)29(24(22)31)16-14-18-9-4-3-5-10-18/h3-13,15,17,22-23H,2,14,16H2,1H3/t22-,23+/m1/s1. The van der Waals surface area contributed by atoms with E-state index in [0.717, 1.165) is 22.2 Å². The lowest BCUT2D eigenvalue weighted by Gasteiger charge is -2.37. The largest absolute Gasteiger partial charge is 0.465 e. The molecule has 3 heterocycles. The van der Waals surface area contributed by atoms with Crippen LogP contribution in [0.15, 0.2) is 79.1 Å². The second-order valence-electron chi connectivity index (χ2n) is 7.96. The molecule has 0 saturated heterocycles. The molecule has 0 spiro atoms. The number of carbonyl (C=O) groups is 2. The summed E-state index contributed by atoms with van der Waals surface area (Å²) in [6.45, 7) is 2.35. The van der Waals surface area contributed by atoms with Gasteiger partial charge in [-0.15, -0.1) is 0 Å². The normalized spacial score (nSPS) is 17.7. The Bertz CT molecular complexity index is 1290. The minimum Gasteiger partial charge on any atom is -0.465 e. The summed E-state index contributed by atoms with van der Waals surface area (Å²) in [5, 5.41) is 0. The first-order valence-electron chi connectivity index (χ1n) is 11.1. The van der Waals surface area contributed by atoms with Gasteiger partial charge in [-0.25, -0.2) is 4.98 Å². The van der Waals surface area contributed by atoms with Crippen molar-refractivity contribution in [2.45, 2.75) is 19.4 Å². The second-order valence-corrected chi connectivity index (χ2v) is 7.96. The first-order chi connectivity index (χ1) is 16.2. The van der Waals surface area contributed by atoms with E-state index in [0.29, 0.717) is 18.9 Å². The van der Waals surface area contributed by atoms with Crippen LogP contribution >= 0.6 is 0 Å². The number of amides is 1. The van der Waals surface area contributed by atoms with Gasteiger partial charge in [0.15, 0.2) is 5.92 Å². The van der Waals surface area contributed by atoms with Crippen molar-refractivity contribution in [1.29, 1.82) is 0 Å². The smallest absolute Gasteiger partial charge is 0.321 e. The number of benzene rings is 2. The van der Waals surface area contributed by atoms with E-state index < -0.39 is 17.9 Å². The fourth-order valence-corrected chi connectivity index (χ4v) is 4.50. The molecule has 2 aromatic heterocycles. The molecule has 4 aromatic rings. The van der Waals surface area contributed by atoms with Gasteiger partial charge in [0.25, 0.3) is 0 Å². The number of ether oxygens (including phenoxy) is 1. The van der Waals surface area contributed by atoms with Crippen LogP contribution in [0.5, 0.6) is 0 Å². The zero-order valence-electron chi connectivity index (χ0n) is 18.3. The first-order valence-corrected chi connectivity index (χ1v) is 11.1. The molecular weight excluding hydrogens is 416 g/mol. The molecule has 2 atom stereocenters. The van der Waals surface area contributed by atoms with Gasteiger partial charge in [-0.3, -0.25) is 19.5 Å². The van der Waals surface area contributed by atoms with Crippen LogP contribution in [0.1, 0.15) is 24.1 Å². The van der Waals surface area contributed by atoms with E-state index in [1.54, 1.807) is 24.2 Å². The molecule has 0 unspecified atom stereocenters. The summed E-state index contributed by atoms with van der Waals surface area (Å²) in [6.07, 6.45) is 4.01. The van der Waals surface area contributed by atoms with Gasteiger partial charge in [-0.1, -0.05) is 48.5 Å². The Morgan fingerprint density at radius 3 is 2.58 bits per heavy atom. The van der Waals surface area contributed by atoms with E-state index in [1.165, 1.54) is 0 Å². The highest BCUT2D eigenvalue weighted by molar-refractivity contribution is 6.08. The Balaban J connectivity index is 1.67. The van der Waals surface area contributed by atoms with Crippen molar-refractivity contribution in [2.75, 3.05) is 18.1 Å². The van der Waals surface area contributed by atoms with Gasteiger partial charge in [0.05, 0.1) is 23.7 Å². The van der Waals surface area contributed by atoms with Crippen LogP contribution in [0, 0.1) is 5.92 Å². The van der Waals surface area contributed by atoms with Crippen molar-refractivity contribution in [2.24, 2.45) is 5.92 Å². The van der Waals surface area contributed by atoms with Gasteiger partial charge in [0.1, 0.15) is 0 Å². The number of imidazole rings is 1. The molecule has 7 nitrogen and oxygen atoms in total. The maximum Gasteiger partial charge on any atom is 0.321 e. The van der Waals surface area contributed by atoms with Crippen LogP contribution in [-0.4, -0.2) is 39.6 Å². The minimum absolute atomic E-state index is 0.198. The third kappa shape index (κ3) is 3.75. The maximum atomic E-state index is 13.8. The van der Waals surface area contributed by atoms with Crippen molar-refractivity contribution in [1.82, 2.24) is 14.5 Å². The summed E-state index contributed by atoms with van der Waals surface area (Å²) in [6, 6.07) is 20.8. The lowest BCUT2D eigenvalue weighted by atomic mass is 9.90. The number of esters is 1. The van der Waals surface area contributed by atoms with Crippen molar-refractivity contribution in [3.63, 3.8) is 0 Å². The number of nitrogens with zero attached hydrogens (tertiary/aromatic N) is 4. The number of carbonyl (C=O) groups excluding carboxylic acids is 2. The molecule has 5 rings (SSSR count). The lowest BCUT2D eigenvalue weighted by Crippen LogP contribution is -2.50. The number of pyridine rings is 1. The summed E-state index contributed by atoms with van der Waals surface area (Å²) in [5.41, 5.74) is 3.49. The zero-order valence-corrected chi connectivity index (χ0v) is 18.3. The Morgan fingerprint density at radius 1 is 1.03 bits per heavy atom. The van der Waals surface area contributed by atoms with Crippen molar-refractivity contribution >= 4 is 28.9 Å². The lowest BCUT2D eigenvalue weighted by molar-refractivity contribution is -0.153. The summed E-state index contributed by atoms with van der Waals surface area (Å²) >= 11 is 0. The molecule has 0 radical (unpaired) electrons. The molecule has 33 heavy (non-hydrogen) atoms. The summed E-state index contributed by atoms with van der Waals surface area (Å²) < 4.78 is 7.36. The molecule has 0 aliphatic carbocycles. The number of para-hydroxylation sites is 2. The van der Waals surface area contributed by atoms with E-state index in [-0.39, 0.29) is 12.5 Å². The molecule has 0 saturated carbocycles. The van der Waals surface area contributed by atoms with Gasteiger partial charge in [0.2, 0.25) is 11.9 Å². The summed E-state index contributed by atoms with van der Waals surface area (Å²) in [4.78, 5) is 37.7. The van der Waals surface area contributed by atoms with Gasteiger partial charge < -0.3 is 9.30 Å². The fraction of sp³-hybridized carbons (Fsp3) is 0.231. The highest BCUT2D eigenvalue weighted by Crippen LogP contribution is 2.41. The van der Waals surface area contributed by atoms with Crippen LogP contribution in [-0.2, 0) is 20.7 Å². The van der Waals surface area contributed by atoms with Crippen LogP contribution in [0.3, 0.4) is 0 Å². The fourth-order valence-electron chi connectivity index (χ4n) is 4.50. The summed E-state index contributed by atoms with van der Waals surface area (Å²) in [7, 11) is 0. The highest BCUT2D eigenvalue weighted by atomic mass is 16.5. The molecule has 166 valence electrons. The second kappa shape index (κ2) is 8.86. The van der Waals surface area contributed by atoms with E-state index in [1.807, 2.05) is 71.3 Å². The number of fused-ring (bicyclic) bond motifs is 3. The Hall–Kier alpha value is -4.00. The third-order valence-electron chi connectivity index (χ3n) is 5.98. The van der Waals surface area contributed by atoms with Crippen LogP contribution in [0.25, 0.3) is 11.0 Å². The number of aromatic nitrogens is 3. The molecule has 1 amide bonds. The topological polar surface area (TPSA) is 77.3 Å². The number of hydrogen-bond acceptors (Lipinski definition) is 5. The quantitative estimate of drug-likeness (QED) is 0.337. The van der Waals surface area contributed by atoms with Gasteiger partial charge in [-0.05, 0) is 42.7 Å². The molecular formula is C26H24N4O3. The van der Waals surface area contributed by atoms with E-state index in [4.69, 9.17) is 9.72 Å². The SMILES string of the molecule is CCOC(=O)[C@H]1C(=O)N(CCc2ccccc2)c2nc3ccccc3n2[C@H]1c1cccnc1. The van der Waals surface area contributed by atoms with Gasteiger partial charge in [0, 0.05) is 18.9 Å². The third-order valence-corrected chi connectivity index (χ3v) is 5.98. The number of hydrogen-bond donors (Lipinski definition) is 0. The Morgan fingerprint density at radius 2 is 1.82 bits per heavy atom. The van der Waals surface area contributed by atoms with Crippen LogP contribution in [0.2, 0.25) is 0 Å². The molecule has 2 aromatic carbocycles. The molecule has 1 aliphatic rings. The predicted octanol–water partition coefficient (Wildman–Crippen LogP) is 3.79. The van der Waals surface area contributed by atoms with Crippen LogP contribution in [0.4, 0.5) is 5.95 Å². The average Bonchev–Trinajstić information content (AvgIpc) is 3.23. The van der Waals surface area contributed by atoms with Crippen molar-refractivity contribution in [3.8, 4) is 0 Å². The first kappa shape index (κ1) is 20.9. The van der Waals surface area contributed by atoms with E-state index in [2.05, 4.69) is 4.98 Å². The Kier molecular flexibility index (Phi) is 5.60. The maximum absolute atomic E-state index is 13.8. The highest BCUT2D eigenvalue weighted by Gasteiger charge is 2.47. The van der Waals surface area contributed by atoms with E-state index >= 15 is 0 Å². The minimum atomic E-state index is -1.03. The number of rotatable bonds is 6. The van der Waals surface area contributed by atoms with Crippen molar-refractivity contribution in [3.05, 3.63) is 90.3 Å². The average molecular weight is 441 g/mol. The number of anilines is 1. The Labute approximate surface area is 191 Å². The zero-order chi connectivity index (χ0) is 22.8. The van der Waals surface area contributed by atoms with E-state index in [9.17, 15) is 9.59 Å². The molecule has 0 bridgehead atoms.